The third kappa shape index (κ3) is 6.12. The molecule has 0 radical (unpaired) electrons. The van der Waals surface area contributed by atoms with E-state index in [0.29, 0.717) is 24.3 Å². The molecule has 262 valence electrons. The number of likely N-dealkylation sites (tertiary alicyclic amines) is 1. The molecule has 1 spiro atoms. The lowest BCUT2D eigenvalue weighted by Gasteiger charge is -2.46. The smallest absolute Gasteiger partial charge is 0.261 e. The van der Waals surface area contributed by atoms with Gasteiger partial charge in [0.2, 0.25) is 5.91 Å². The van der Waals surface area contributed by atoms with Crippen LogP contribution in [0.5, 0.6) is 0 Å². The van der Waals surface area contributed by atoms with Crippen molar-refractivity contribution in [3.63, 3.8) is 0 Å². The van der Waals surface area contributed by atoms with Crippen LogP contribution in [0, 0.1) is 5.92 Å². The van der Waals surface area contributed by atoms with Gasteiger partial charge >= 0.3 is 0 Å². The maximum Gasteiger partial charge on any atom is 0.261 e. The molecule has 4 heterocycles. The normalized spacial score (nSPS) is 24.6. The fourth-order valence-electron chi connectivity index (χ4n) is 8.07. The van der Waals surface area contributed by atoms with Crippen LogP contribution in [0.4, 0.5) is 5.69 Å². The zero-order valence-electron chi connectivity index (χ0n) is 28.6. The van der Waals surface area contributed by atoms with Crippen LogP contribution < -0.4 is 10.2 Å². The average Bonchev–Trinajstić information content (AvgIpc) is 3.61. The summed E-state index contributed by atoms with van der Waals surface area (Å²) in [5.74, 6) is -0.452. The van der Waals surface area contributed by atoms with Gasteiger partial charge in [-0.05, 0) is 53.8 Å². The van der Waals surface area contributed by atoms with Gasteiger partial charge in [-0.3, -0.25) is 19.3 Å². The predicted molar refractivity (Wildman–Crippen MR) is 190 cm³/mol. The van der Waals surface area contributed by atoms with E-state index >= 15 is 0 Å². The number of hydrogen-bond acceptors (Lipinski definition) is 8. The molecule has 4 aliphatic rings. The first-order valence-corrected chi connectivity index (χ1v) is 17.7. The van der Waals surface area contributed by atoms with E-state index in [4.69, 9.17) is 9.47 Å². The number of nitrogens with zero attached hydrogens (tertiary/aromatic N) is 3. The standard InChI is InChI=1S/C41H42N4O6/c1-27-35(24-43-21-19-41(20-22-43)40(49)42-26-45(41)32-7-3-2-4-8-32)50-39(51-36(27)30-15-13-29(25-46)14-16-30)31-17-11-28(12-18-31)23-44-37(47)33-9-5-6-10-34(33)38(44)48/h2-18,27,35-36,39,46H,19-26H2,1H3,(H,42,49)/t27-,35+,36+,39+/m1/s1. The number of hydrogen-bond donors (Lipinski definition) is 2. The Morgan fingerprint density at radius 3 is 2.02 bits per heavy atom. The van der Waals surface area contributed by atoms with Gasteiger partial charge < -0.3 is 29.7 Å². The van der Waals surface area contributed by atoms with Crippen LogP contribution in [0.25, 0.3) is 0 Å². The van der Waals surface area contributed by atoms with Crippen molar-refractivity contribution in [3.05, 3.63) is 137 Å². The second-order valence-electron chi connectivity index (χ2n) is 14.1. The van der Waals surface area contributed by atoms with Crippen LogP contribution in [-0.4, -0.2) is 70.6 Å². The van der Waals surface area contributed by atoms with Crippen molar-refractivity contribution in [2.24, 2.45) is 5.92 Å². The molecule has 4 aromatic carbocycles. The number of ether oxygens (including phenoxy) is 2. The predicted octanol–water partition coefficient (Wildman–Crippen LogP) is 5.20. The number of carbonyl (C=O) groups is 3. The Morgan fingerprint density at radius 2 is 1.37 bits per heavy atom. The lowest BCUT2D eigenvalue weighted by atomic mass is 9.84. The highest BCUT2D eigenvalue weighted by Gasteiger charge is 2.51. The van der Waals surface area contributed by atoms with E-state index in [1.807, 2.05) is 66.7 Å². The second-order valence-corrected chi connectivity index (χ2v) is 14.1. The van der Waals surface area contributed by atoms with Gasteiger partial charge in [0.15, 0.2) is 6.29 Å². The van der Waals surface area contributed by atoms with Crippen LogP contribution in [-0.2, 0) is 27.4 Å². The lowest BCUT2D eigenvalue weighted by Crippen LogP contribution is -2.57. The van der Waals surface area contributed by atoms with E-state index < -0.39 is 11.8 Å². The van der Waals surface area contributed by atoms with Crippen molar-refractivity contribution in [1.82, 2.24) is 15.1 Å². The molecule has 2 N–H and O–H groups in total. The van der Waals surface area contributed by atoms with Crippen molar-refractivity contribution in [2.45, 2.75) is 57.0 Å². The first-order valence-electron chi connectivity index (χ1n) is 17.7. The number of nitrogens with one attached hydrogen (secondary N) is 1. The Kier molecular flexibility index (Phi) is 8.93. The van der Waals surface area contributed by atoms with Gasteiger partial charge in [0.05, 0.1) is 43.2 Å². The lowest BCUT2D eigenvalue weighted by molar-refractivity contribution is -0.276. The molecule has 0 aliphatic carbocycles. The van der Waals surface area contributed by atoms with Crippen molar-refractivity contribution >= 4 is 23.4 Å². The van der Waals surface area contributed by atoms with Crippen molar-refractivity contribution in [1.29, 1.82) is 0 Å². The van der Waals surface area contributed by atoms with Crippen LogP contribution in [0.2, 0.25) is 0 Å². The highest BCUT2D eigenvalue weighted by molar-refractivity contribution is 6.21. The van der Waals surface area contributed by atoms with Gasteiger partial charge in [-0.25, -0.2) is 0 Å². The van der Waals surface area contributed by atoms with Crippen molar-refractivity contribution < 1.29 is 29.0 Å². The summed E-state index contributed by atoms with van der Waals surface area (Å²) < 4.78 is 13.4. The number of aliphatic hydroxyl groups excluding tert-OH is 1. The number of piperidine rings is 1. The van der Waals surface area contributed by atoms with E-state index in [0.717, 1.165) is 53.9 Å². The van der Waals surface area contributed by atoms with Crippen LogP contribution in [0.15, 0.2) is 103 Å². The Morgan fingerprint density at radius 1 is 0.765 bits per heavy atom. The van der Waals surface area contributed by atoms with Gasteiger partial charge in [0.1, 0.15) is 5.54 Å². The maximum absolute atomic E-state index is 13.3. The van der Waals surface area contributed by atoms with Crippen molar-refractivity contribution in [2.75, 3.05) is 31.2 Å². The van der Waals surface area contributed by atoms with Gasteiger partial charge in [0, 0.05) is 36.8 Å². The topological polar surface area (TPSA) is 112 Å². The second kappa shape index (κ2) is 13.7. The number of fused-ring (bicyclic) bond motifs is 1. The Labute approximate surface area is 297 Å². The van der Waals surface area contributed by atoms with Crippen LogP contribution in [0.3, 0.4) is 0 Å². The highest BCUT2D eigenvalue weighted by Crippen LogP contribution is 2.43. The summed E-state index contributed by atoms with van der Waals surface area (Å²) in [6.45, 7) is 5.03. The van der Waals surface area contributed by atoms with Gasteiger partial charge in [-0.2, -0.15) is 0 Å². The number of aliphatic hydroxyl groups is 1. The van der Waals surface area contributed by atoms with E-state index in [1.165, 1.54) is 4.90 Å². The molecule has 10 nitrogen and oxygen atoms in total. The molecule has 0 bridgehead atoms. The summed E-state index contributed by atoms with van der Waals surface area (Å²) in [6.07, 6.45) is 0.364. The van der Waals surface area contributed by atoms with Gasteiger partial charge in [-0.1, -0.05) is 85.8 Å². The molecular weight excluding hydrogens is 644 g/mol. The molecule has 0 saturated carbocycles. The Hall–Kier alpha value is -4.87. The van der Waals surface area contributed by atoms with Gasteiger partial charge in [-0.15, -0.1) is 0 Å². The van der Waals surface area contributed by atoms with Crippen molar-refractivity contribution in [3.8, 4) is 0 Å². The highest BCUT2D eigenvalue weighted by atomic mass is 16.7. The molecule has 3 saturated heterocycles. The molecular formula is C41H42N4O6. The Balaban J connectivity index is 0.991. The number of anilines is 1. The first-order chi connectivity index (χ1) is 24.8. The first kappa shape index (κ1) is 33.3. The minimum atomic E-state index is -0.646. The minimum absolute atomic E-state index is 0.0146. The summed E-state index contributed by atoms with van der Waals surface area (Å²) in [4.78, 5) is 45.1. The number of imide groups is 1. The molecule has 4 atom stereocenters. The number of amides is 3. The summed E-state index contributed by atoms with van der Waals surface area (Å²) in [6, 6.07) is 32.7. The van der Waals surface area contributed by atoms with Gasteiger partial charge in [0.25, 0.3) is 11.8 Å². The molecule has 8 rings (SSSR count). The molecule has 3 fully saturated rings. The molecule has 51 heavy (non-hydrogen) atoms. The Bertz CT molecular complexity index is 1870. The molecule has 0 aromatic heterocycles. The fraction of sp³-hybridized carbons (Fsp3) is 0.341. The van der Waals surface area contributed by atoms with E-state index in [9.17, 15) is 19.5 Å². The number of rotatable bonds is 8. The molecule has 4 aromatic rings. The molecule has 0 unspecified atom stereocenters. The molecule has 4 aliphatic heterocycles. The monoisotopic (exact) mass is 686 g/mol. The zero-order chi connectivity index (χ0) is 35.1. The quantitative estimate of drug-likeness (QED) is 0.244. The zero-order valence-corrected chi connectivity index (χ0v) is 28.6. The van der Waals surface area contributed by atoms with E-state index in [-0.39, 0.29) is 49.0 Å². The van der Waals surface area contributed by atoms with E-state index in [1.54, 1.807) is 24.3 Å². The molecule has 3 amide bonds. The number of carbonyl (C=O) groups excluding carboxylic acids is 3. The summed E-state index contributed by atoms with van der Waals surface area (Å²) >= 11 is 0. The average molecular weight is 687 g/mol. The van der Waals surface area contributed by atoms with E-state index in [2.05, 4.69) is 34.2 Å². The third-order valence-corrected chi connectivity index (χ3v) is 11.1. The summed E-state index contributed by atoms with van der Waals surface area (Å²) in [5.41, 5.74) is 4.88. The third-order valence-electron chi connectivity index (χ3n) is 11.1. The molecule has 10 heteroatoms. The van der Waals surface area contributed by atoms with Crippen LogP contribution in [0.1, 0.15) is 75.1 Å². The number of benzene rings is 4. The maximum atomic E-state index is 13.3. The largest absolute Gasteiger partial charge is 0.392 e. The summed E-state index contributed by atoms with van der Waals surface area (Å²) in [5, 5.41) is 12.7. The fourth-order valence-corrected chi connectivity index (χ4v) is 8.07. The number of para-hydroxylation sites is 1. The summed E-state index contributed by atoms with van der Waals surface area (Å²) in [7, 11) is 0. The van der Waals surface area contributed by atoms with Crippen LogP contribution >= 0.6 is 0 Å². The SMILES string of the molecule is C[C@@H]1[C@H](CN2CCC3(CC2)C(=O)NCN3c2ccccc2)O[C@H](c2ccc(CN3C(=O)c4ccccc4C3=O)cc2)O[C@@H]1c1ccc(CO)cc1. The minimum Gasteiger partial charge on any atom is -0.392 e.